The second-order valence-electron chi connectivity index (χ2n) is 14.9. The van der Waals surface area contributed by atoms with Gasteiger partial charge in [0.05, 0.1) is 45.5 Å². The maximum atomic E-state index is 10.1. The summed E-state index contributed by atoms with van der Waals surface area (Å²) in [5.74, 6) is -0.0312. The van der Waals surface area contributed by atoms with Gasteiger partial charge in [0.25, 0.3) is 0 Å². The smallest absolute Gasteiger partial charge is 0.307 e. The van der Waals surface area contributed by atoms with Crippen LogP contribution in [-0.2, 0) is 0 Å². The number of fused-ring (bicyclic) bond motifs is 4. The first kappa shape index (κ1) is 36.1. The van der Waals surface area contributed by atoms with Crippen molar-refractivity contribution < 1.29 is 0 Å². The Morgan fingerprint density at radius 2 is 0.629 bits per heavy atom. The first-order valence-corrected chi connectivity index (χ1v) is 20.3. The minimum Gasteiger partial charge on any atom is -0.358 e. The summed E-state index contributed by atoms with van der Waals surface area (Å²) in [6.45, 7) is 7.89. The van der Waals surface area contributed by atoms with Crippen molar-refractivity contribution in [2.45, 2.75) is 0 Å². The molecule has 8 heteroatoms. The summed E-state index contributed by atoms with van der Waals surface area (Å²) >= 11 is 0. The Morgan fingerprint density at radius 1 is 0.355 bits per heavy atom. The Labute approximate surface area is 359 Å². The lowest BCUT2D eigenvalue weighted by Crippen LogP contribution is -2.23. The topological polar surface area (TPSA) is 66.9 Å². The number of anilines is 12. The van der Waals surface area contributed by atoms with Crippen LogP contribution >= 0.6 is 0 Å². The molecule has 0 atom stereocenters. The molecule has 9 aromatic rings. The number of aromatic nitrogens is 2. The summed E-state index contributed by atoms with van der Waals surface area (Å²) in [5.41, 5.74) is 15.1. The number of rotatable bonds is 6. The molecule has 8 nitrogen and oxygen atoms in total. The highest BCUT2D eigenvalue weighted by atomic mass is 15.3. The van der Waals surface area contributed by atoms with Gasteiger partial charge in [-0.1, -0.05) is 104 Å². The van der Waals surface area contributed by atoms with Crippen LogP contribution in [0.15, 0.2) is 206 Å². The first-order chi connectivity index (χ1) is 30.7. The predicted molar refractivity (Wildman–Crippen MR) is 250 cm³/mol. The third kappa shape index (κ3) is 5.91. The molecule has 0 saturated heterocycles. The molecule has 0 bridgehead atoms. The van der Waals surface area contributed by atoms with E-state index in [0.717, 1.165) is 79.4 Å². The van der Waals surface area contributed by atoms with E-state index < -0.39 is 0 Å². The molecule has 2 aliphatic heterocycles. The lowest BCUT2D eigenvalue weighted by molar-refractivity contribution is 1.16. The molecule has 0 saturated carbocycles. The number of para-hydroxylation sites is 10. The van der Waals surface area contributed by atoms with E-state index in [-0.39, 0.29) is 11.5 Å². The van der Waals surface area contributed by atoms with E-state index in [4.69, 9.17) is 16.5 Å². The molecule has 11 rings (SSSR count). The molecule has 3 heterocycles. The summed E-state index contributed by atoms with van der Waals surface area (Å²) in [4.78, 5) is 22.4. The molecule has 62 heavy (non-hydrogen) atoms. The minimum absolute atomic E-state index is 0.0103. The van der Waals surface area contributed by atoms with E-state index in [2.05, 4.69) is 200 Å². The van der Waals surface area contributed by atoms with E-state index in [1.165, 1.54) is 0 Å². The average Bonchev–Trinajstić information content (AvgIpc) is 3.35. The van der Waals surface area contributed by atoms with Crippen molar-refractivity contribution in [2.24, 2.45) is 0 Å². The zero-order valence-corrected chi connectivity index (χ0v) is 33.2. The van der Waals surface area contributed by atoms with Crippen LogP contribution in [0, 0.1) is 17.9 Å². The van der Waals surface area contributed by atoms with Crippen molar-refractivity contribution in [2.75, 3.05) is 19.6 Å². The number of hydrogen-bond acceptors (Lipinski definition) is 7. The lowest BCUT2D eigenvalue weighted by atomic mass is 10.0. The molecule has 290 valence electrons. The van der Waals surface area contributed by atoms with Gasteiger partial charge in [0.1, 0.15) is 11.8 Å². The van der Waals surface area contributed by atoms with Crippen LogP contribution in [0.2, 0.25) is 0 Å². The van der Waals surface area contributed by atoms with Gasteiger partial charge in [-0.05, 0) is 109 Å². The van der Waals surface area contributed by atoms with Gasteiger partial charge in [-0.15, -0.1) is 4.98 Å². The molecule has 0 N–H and O–H groups in total. The molecule has 8 aromatic carbocycles. The molecular weight excluding hydrogens is 761 g/mol. The summed E-state index contributed by atoms with van der Waals surface area (Å²) in [7, 11) is 0. The number of hydrogen-bond donors (Lipinski definition) is 0. The number of nitrogens with zero attached hydrogens (tertiary/aromatic N) is 8. The van der Waals surface area contributed by atoms with Gasteiger partial charge < -0.3 is 24.4 Å². The first-order valence-electron chi connectivity index (χ1n) is 20.3. The van der Waals surface area contributed by atoms with Gasteiger partial charge in [0, 0.05) is 33.9 Å². The van der Waals surface area contributed by atoms with Crippen molar-refractivity contribution in [1.29, 1.82) is 5.26 Å². The standard InChI is InChI=1S/C54H34N8/c1-56-54-43(36-55)57-52(37-28-32-41(33-29-37)61-48-24-12-8-20-44(48)59(39-16-4-2-5-17-39)45-21-9-13-25-49(45)61)53(58-54)38-30-34-42(35-31-38)62-50-26-14-10-22-46(50)60(40-18-6-3-7-19-40)47-23-11-15-27-51(47)62/h2-35H. The van der Waals surface area contributed by atoms with Crippen molar-refractivity contribution in [3.05, 3.63) is 223 Å². The van der Waals surface area contributed by atoms with Crippen molar-refractivity contribution in [3.8, 4) is 28.6 Å². The van der Waals surface area contributed by atoms with E-state index in [1.807, 2.05) is 36.4 Å². The summed E-state index contributed by atoms with van der Waals surface area (Å²) in [6.07, 6.45) is 0. The lowest BCUT2D eigenvalue weighted by Gasteiger charge is -2.40. The van der Waals surface area contributed by atoms with Crippen LogP contribution < -0.4 is 19.6 Å². The highest BCUT2D eigenvalue weighted by Crippen LogP contribution is 2.55. The second kappa shape index (κ2) is 15.0. The quantitative estimate of drug-likeness (QED) is 0.155. The molecule has 0 spiro atoms. The second-order valence-corrected chi connectivity index (χ2v) is 14.9. The maximum Gasteiger partial charge on any atom is 0.307 e. The van der Waals surface area contributed by atoms with E-state index >= 15 is 0 Å². The van der Waals surface area contributed by atoms with Gasteiger partial charge in [0.2, 0.25) is 0 Å². The van der Waals surface area contributed by atoms with E-state index in [9.17, 15) is 5.26 Å². The largest absolute Gasteiger partial charge is 0.358 e. The van der Waals surface area contributed by atoms with Crippen LogP contribution in [0.1, 0.15) is 5.69 Å². The van der Waals surface area contributed by atoms with Gasteiger partial charge in [-0.3, -0.25) is 0 Å². The Kier molecular flexibility index (Phi) is 8.74. The maximum absolute atomic E-state index is 10.1. The van der Waals surface area contributed by atoms with Gasteiger partial charge in [0.15, 0.2) is 11.4 Å². The monoisotopic (exact) mass is 794 g/mol. The van der Waals surface area contributed by atoms with Crippen molar-refractivity contribution in [3.63, 3.8) is 0 Å². The normalized spacial score (nSPS) is 12.4. The van der Waals surface area contributed by atoms with Crippen LogP contribution in [-0.4, -0.2) is 9.97 Å². The van der Waals surface area contributed by atoms with Gasteiger partial charge >= 0.3 is 5.82 Å². The van der Waals surface area contributed by atoms with Crippen LogP contribution in [0.3, 0.4) is 0 Å². The summed E-state index contributed by atoms with van der Waals surface area (Å²) in [6, 6.07) is 73.0. The fourth-order valence-corrected chi connectivity index (χ4v) is 8.67. The molecule has 0 fully saturated rings. The van der Waals surface area contributed by atoms with Gasteiger partial charge in [-0.2, -0.15) is 5.26 Å². The van der Waals surface area contributed by atoms with Crippen LogP contribution in [0.25, 0.3) is 27.4 Å². The fraction of sp³-hybridized carbons (Fsp3) is 0. The average molecular weight is 795 g/mol. The van der Waals surface area contributed by atoms with Crippen LogP contribution in [0.5, 0.6) is 0 Å². The Balaban J connectivity index is 0.984. The Bertz CT molecular complexity index is 2910. The highest BCUT2D eigenvalue weighted by molar-refractivity contribution is 6.03. The zero-order valence-electron chi connectivity index (χ0n) is 33.2. The van der Waals surface area contributed by atoms with Crippen LogP contribution in [0.4, 0.5) is 74.1 Å². The molecule has 0 unspecified atom stereocenters. The third-order valence-corrected chi connectivity index (χ3v) is 11.4. The van der Waals surface area contributed by atoms with Crippen molar-refractivity contribution >= 4 is 74.1 Å². The Morgan fingerprint density at radius 3 is 0.919 bits per heavy atom. The highest BCUT2D eigenvalue weighted by Gasteiger charge is 2.32. The SMILES string of the molecule is [C-]#[N+]c1nc(-c2ccc(N3c4ccccc4N(c4ccccc4)c4ccccc43)cc2)c(-c2ccc(N3c4ccccc4N(c4ccccc4)c4ccccc43)cc2)nc1C#N. The summed E-state index contributed by atoms with van der Waals surface area (Å²) < 4.78 is 0. The molecular formula is C54H34N8. The molecule has 2 aliphatic rings. The number of benzene rings is 8. The zero-order chi connectivity index (χ0) is 41.6. The summed E-state index contributed by atoms with van der Waals surface area (Å²) in [5, 5.41) is 10.1. The third-order valence-electron chi connectivity index (χ3n) is 11.4. The molecule has 0 amide bonds. The van der Waals surface area contributed by atoms with Gasteiger partial charge in [-0.25, -0.2) is 4.98 Å². The van der Waals surface area contributed by atoms with Crippen molar-refractivity contribution in [1.82, 2.24) is 9.97 Å². The van der Waals surface area contributed by atoms with E-state index in [0.29, 0.717) is 11.4 Å². The predicted octanol–water partition coefficient (Wildman–Crippen LogP) is 14.7. The minimum atomic E-state index is -0.0312. The molecule has 0 aliphatic carbocycles. The van der Waals surface area contributed by atoms with E-state index in [1.54, 1.807) is 0 Å². The fourth-order valence-electron chi connectivity index (χ4n) is 8.67. The number of nitriles is 1. The Hall–Kier alpha value is -8.98. The molecule has 1 aromatic heterocycles. The molecule has 0 radical (unpaired) electrons.